The summed E-state index contributed by atoms with van der Waals surface area (Å²) >= 11 is 0. The minimum atomic E-state index is -1.86. The maximum Gasteiger partial charge on any atom is 0.339 e. The van der Waals surface area contributed by atoms with E-state index in [1.807, 2.05) is 0 Å². The number of hydrogen-bond acceptors (Lipinski definition) is 5. The van der Waals surface area contributed by atoms with Crippen molar-refractivity contribution in [1.82, 2.24) is 4.90 Å². The summed E-state index contributed by atoms with van der Waals surface area (Å²) in [5, 5.41) is 9.84. The van der Waals surface area contributed by atoms with Gasteiger partial charge >= 0.3 is 5.97 Å². The van der Waals surface area contributed by atoms with Gasteiger partial charge in [0.2, 0.25) is 11.8 Å². The molecule has 0 spiro atoms. The second kappa shape index (κ2) is 5.27. The molecule has 1 heterocycles. The molecular weight excluding hydrogens is 226 g/mol. The third-order valence-electron chi connectivity index (χ3n) is 2.72. The predicted molar refractivity (Wildman–Crippen MR) is 57.8 cm³/mol. The number of ether oxygens (including phenoxy) is 1. The van der Waals surface area contributed by atoms with Crippen LogP contribution in [-0.4, -0.2) is 47.0 Å². The number of esters is 1. The van der Waals surface area contributed by atoms with E-state index in [9.17, 15) is 19.5 Å². The molecule has 96 valence electrons. The van der Waals surface area contributed by atoms with Crippen molar-refractivity contribution >= 4 is 17.8 Å². The number of β-amino-alcohol motifs (C(OH)–C–C–N with tert-alkyl or cyclic N) is 1. The van der Waals surface area contributed by atoms with E-state index in [1.165, 1.54) is 6.92 Å². The molecule has 6 heteroatoms. The second-order valence-electron chi connectivity index (χ2n) is 4.35. The molecule has 1 atom stereocenters. The number of rotatable bonds is 3. The Balaban J connectivity index is 2.80. The van der Waals surface area contributed by atoms with Crippen LogP contribution in [0.2, 0.25) is 0 Å². The molecule has 2 amide bonds. The standard InChI is InChI=1S/C11H17NO5/c1-11(16,10(15)17-2)7-12-8(13)5-3-4-6-9(12)14/h16H,3-7H2,1-2H3. The Kier molecular flexibility index (Phi) is 4.22. The highest BCUT2D eigenvalue weighted by atomic mass is 16.5. The molecule has 0 aliphatic carbocycles. The lowest BCUT2D eigenvalue weighted by Gasteiger charge is -2.27. The maximum atomic E-state index is 11.7. The molecule has 0 aromatic heterocycles. The largest absolute Gasteiger partial charge is 0.467 e. The number of carbonyl (C=O) groups is 3. The smallest absolute Gasteiger partial charge is 0.339 e. The number of nitrogens with zero attached hydrogens (tertiary/aromatic N) is 1. The van der Waals surface area contributed by atoms with E-state index < -0.39 is 11.6 Å². The quantitative estimate of drug-likeness (QED) is 0.550. The van der Waals surface area contributed by atoms with Gasteiger partial charge in [-0.3, -0.25) is 14.5 Å². The zero-order valence-electron chi connectivity index (χ0n) is 10.1. The second-order valence-corrected chi connectivity index (χ2v) is 4.35. The van der Waals surface area contributed by atoms with Gasteiger partial charge in [-0.25, -0.2) is 4.79 Å². The van der Waals surface area contributed by atoms with Crippen LogP contribution in [-0.2, 0) is 19.1 Å². The van der Waals surface area contributed by atoms with Gasteiger partial charge in [-0.15, -0.1) is 0 Å². The first kappa shape index (κ1) is 13.6. The lowest BCUT2D eigenvalue weighted by Crippen LogP contribution is -2.50. The molecule has 1 saturated heterocycles. The summed E-state index contributed by atoms with van der Waals surface area (Å²) in [5.41, 5.74) is -1.86. The molecule has 1 rings (SSSR count). The number of hydrogen-bond donors (Lipinski definition) is 1. The Bertz CT molecular complexity index is 319. The van der Waals surface area contributed by atoms with Gasteiger partial charge in [0.1, 0.15) is 0 Å². The van der Waals surface area contributed by atoms with E-state index in [0.29, 0.717) is 12.8 Å². The van der Waals surface area contributed by atoms with Crippen molar-refractivity contribution in [1.29, 1.82) is 0 Å². The van der Waals surface area contributed by atoms with E-state index in [-0.39, 0.29) is 31.2 Å². The Morgan fingerprint density at radius 3 is 2.24 bits per heavy atom. The molecule has 1 N–H and O–H groups in total. The molecule has 0 bridgehead atoms. The fourth-order valence-corrected chi connectivity index (χ4v) is 1.73. The fourth-order valence-electron chi connectivity index (χ4n) is 1.73. The van der Waals surface area contributed by atoms with Crippen molar-refractivity contribution in [2.24, 2.45) is 0 Å². The van der Waals surface area contributed by atoms with Crippen LogP contribution in [0, 0.1) is 0 Å². The number of amides is 2. The summed E-state index contributed by atoms with van der Waals surface area (Å²) in [6.45, 7) is 0.877. The van der Waals surface area contributed by atoms with Gasteiger partial charge in [0.05, 0.1) is 13.7 Å². The Hall–Kier alpha value is -1.43. The fraction of sp³-hybridized carbons (Fsp3) is 0.727. The monoisotopic (exact) mass is 243 g/mol. The molecule has 0 aromatic rings. The first-order valence-electron chi connectivity index (χ1n) is 5.52. The average molecular weight is 243 g/mol. The van der Waals surface area contributed by atoms with Crippen LogP contribution >= 0.6 is 0 Å². The zero-order valence-corrected chi connectivity index (χ0v) is 10.1. The molecule has 1 unspecified atom stereocenters. The predicted octanol–water partition coefficient (Wildman–Crippen LogP) is -0.160. The third kappa shape index (κ3) is 3.26. The van der Waals surface area contributed by atoms with Crippen LogP contribution in [0.25, 0.3) is 0 Å². The van der Waals surface area contributed by atoms with Crippen molar-refractivity contribution in [2.75, 3.05) is 13.7 Å². The zero-order chi connectivity index (χ0) is 13.1. The summed E-state index contributed by atoms with van der Waals surface area (Å²) in [5.74, 6) is -1.56. The average Bonchev–Trinajstić information content (AvgIpc) is 2.42. The van der Waals surface area contributed by atoms with Gasteiger partial charge in [-0.2, -0.15) is 0 Å². The van der Waals surface area contributed by atoms with Crippen LogP contribution < -0.4 is 0 Å². The Morgan fingerprint density at radius 1 is 1.35 bits per heavy atom. The molecule has 6 nitrogen and oxygen atoms in total. The Morgan fingerprint density at radius 2 is 1.82 bits per heavy atom. The first-order valence-corrected chi connectivity index (χ1v) is 5.52. The first-order chi connectivity index (χ1) is 7.88. The number of carbonyl (C=O) groups excluding carboxylic acids is 3. The molecule has 17 heavy (non-hydrogen) atoms. The van der Waals surface area contributed by atoms with Crippen LogP contribution in [0.1, 0.15) is 32.6 Å². The van der Waals surface area contributed by atoms with Gasteiger partial charge in [-0.1, -0.05) is 0 Å². The molecule has 1 aliphatic heterocycles. The van der Waals surface area contributed by atoms with Crippen LogP contribution in [0.4, 0.5) is 0 Å². The van der Waals surface area contributed by atoms with Crippen LogP contribution in [0.5, 0.6) is 0 Å². The SMILES string of the molecule is COC(=O)C(C)(O)CN1C(=O)CCCCC1=O. The van der Waals surface area contributed by atoms with Gasteiger partial charge < -0.3 is 9.84 Å². The summed E-state index contributed by atoms with van der Waals surface area (Å²) in [6, 6.07) is 0. The number of methoxy groups -OCH3 is 1. The van der Waals surface area contributed by atoms with Crippen LogP contribution in [0.15, 0.2) is 0 Å². The third-order valence-corrected chi connectivity index (χ3v) is 2.72. The summed E-state index contributed by atoms with van der Waals surface area (Å²) in [6.07, 6.45) is 1.84. The van der Waals surface area contributed by atoms with Crippen molar-refractivity contribution in [3.8, 4) is 0 Å². The van der Waals surface area contributed by atoms with Gasteiger partial charge in [0.25, 0.3) is 0 Å². The molecular formula is C11H17NO5. The summed E-state index contributed by atoms with van der Waals surface area (Å²) < 4.78 is 4.42. The van der Waals surface area contributed by atoms with E-state index in [1.54, 1.807) is 0 Å². The van der Waals surface area contributed by atoms with Crippen molar-refractivity contribution in [2.45, 2.75) is 38.2 Å². The highest BCUT2D eigenvalue weighted by Crippen LogP contribution is 2.16. The van der Waals surface area contributed by atoms with Crippen molar-refractivity contribution < 1.29 is 24.2 Å². The normalized spacial score (nSPS) is 20.8. The van der Waals surface area contributed by atoms with E-state index >= 15 is 0 Å². The molecule has 1 fully saturated rings. The highest BCUT2D eigenvalue weighted by Gasteiger charge is 2.38. The van der Waals surface area contributed by atoms with Crippen LogP contribution in [0.3, 0.4) is 0 Å². The van der Waals surface area contributed by atoms with E-state index in [0.717, 1.165) is 12.0 Å². The van der Waals surface area contributed by atoms with Gasteiger partial charge in [0.15, 0.2) is 5.60 Å². The lowest BCUT2D eigenvalue weighted by molar-refractivity contribution is -0.165. The molecule has 0 aromatic carbocycles. The summed E-state index contributed by atoms with van der Waals surface area (Å²) in [4.78, 5) is 35.5. The highest BCUT2D eigenvalue weighted by molar-refractivity contribution is 5.96. The minimum absolute atomic E-state index is 0.267. The molecule has 1 aliphatic rings. The van der Waals surface area contributed by atoms with Crippen molar-refractivity contribution in [3.63, 3.8) is 0 Å². The van der Waals surface area contributed by atoms with E-state index in [2.05, 4.69) is 4.74 Å². The number of imide groups is 1. The molecule has 0 radical (unpaired) electrons. The Labute approximate surface area is 99.5 Å². The number of likely N-dealkylation sites (tertiary alicyclic amines) is 1. The summed E-state index contributed by atoms with van der Waals surface area (Å²) in [7, 11) is 1.14. The molecule has 0 saturated carbocycles. The lowest BCUT2D eigenvalue weighted by atomic mass is 10.1. The number of aliphatic hydroxyl groups is 1. The minimum Gasteiger partial charge on any atom is -0.467 e. The topological polar surface area (TPSA) is 83.9 Å². The van der Waals surface area contributed by atoms with E-state index in [4.69, 9.17) is 0 Å². The maximum absolute atomic E-state index is 11.7. The van der Waals surface area contributed by atoms with Crippen molar-refractivity contribution in [3.05, 3.63) is 0 Å². The van der Waals surface area contributed by atoms with Gasteiger partial charge in [0, 0.05) is 12.8 Å². The van der Waals surface area contributed by atoms with Gasteiger partial charge in [-0.05, 0) is 19.8 Å².